The molecule has 5 heteroatoms. The Morgan fingerprint density at radius 1 is 1.39 bits per heavy atom. The Labute approximate surface area is 109 Å². The molecule has 0 aliphatic heterocycles. The summed E-state index contributed by atoms with van der Waals surface area (Å²) < 4.78 is 0. The number of rotatable bonds is 7. The summed E-state index contributed by atoms with van der Waals surface area (Å²) in [6, 6.07) is -0.694. The molecular formula is C13H24N2O3. The third-order valence-corrected chi connectivity index (χ3v) is 3.20. The molecule has 5 nitrogen and oxygen atoms in total. The van der Waals surface area contributed by atoms with Crippen LogP contribution in [-0.4, -0.2) is 40.6 Å². The Bertz CT molecular complexity index is 301. The Balaban J connectivity index is 2.51. The fourth-order valence-electron chi connectivity index (χ4n) is 1.80. The molecule has 0 spiro atoms. The predicted molar refractivity (Wildman–Crippen MR) is 69.4 cm³/mol. The van der Waals surface area contributed by atoms with Gasteiger partial charge in [0, 0.05) is 12.6 Å². The maximum atomic E-state index is 12.1. The van der Waals surface area contributed by atoms with E-state index in [1.807, 2.05) is 0 Å². The molecule has 1 aliphatic carbocycles. The highest BCUT2D eigenvalue weighted by Crippen LogP contribution is 2.27. The second-order valence-electron chi connectivity index (χ2n) is 5.36. The molecule has 2 amide bonds. The number of carboxylic acid groups (broad SMARTS) is 1. The van der Waals surface area contributed by atoms with Gasteiger partial charge in [-0.3, -0.25) is 0 Å². The van der Waals surface area contributed by atoms with Crippen LogP contribution < -0.4 is 5.32 Å². The molecule has 104 valence electrons. The highest BCUT2D eigenvalue weighted by molar-refractivity contribution is 5.82. The van der Waals surface area contributed by atoms with Gasteiger partial charge in [0.05, 0.1) is 0 Å². The van der Waals surface area contributed by atoms with Gasteiger partial charge in [-0.2, -0.15) is 0 Å². The van der Waals surface area contributed by atoms with Gasteiger partial charge in [0.1, 0.15) is 6.04 Å². The number of carbonyl (C=O) groups is 2. The van der Waals surface area contributed by atoms with E-state index in [2.05, 4.69) is 19.2 Å². The topological polar surface area (TPSA) is 69.6 Å². The first-order valence-electron chi connectivity index (χ1n) is 6.75. The summed E-state index contributed by atoms with van der Waals surface area (Å²) in [6.45, 7) is 6.71. The molecule has 1 rings (SSSR count). The summed E-state index contributed by atoms with van der Waals surface area (Å²) in [5, 5.41) is 11.5. The van der Waals surface area contributed by atoms with Crippen molar-refractivity contribution in [1.29, 1.82) is 0 Å². The highest BCUT2D eigenvalue weighted by atomic mass is 16.4. The summed E-state index contributed by atoms with van der Waals surface area (Å²) in [6.07, 6.45) is 3.43. The van der Waals surface area contributed by atoms with Crippen molar-refractivity contribution < 1.29 is 14.7 Å². The van der Waals surface area contributed by atoms with Crippen LogP contribution in [0.2, 0.25) is 0 Å². The van der Waals surface area contributed by atoms with Crippen LogP contribution in [0.5, 0.6) is 0 Å². The minimum absolute atomic E-state index is 0.229. The van der Waals surface area contributed by atoms with Gasteiger partial charge >= 0.3 is 12.0 Å². The zero-order valence-electron chi connectivity index (χ0n) is 11.5. The van der Waals surface area contributed by atoms with Crippen molar-refractivity contribution in [2.75, 3.05) is 6.54 Å². The summed E-state index contributed by atoms with van der Waals surface area (Å²) in [5.74, 6) is -0.425. The van der Waals surface area contributed by atoms with Gasteiger partial charge in [-0.25, -0.2) is 9.59 Å². The van der Waals surface area contributed by atoms with E-state index >= 15 is 0 Å². The number of urea groups is 1. The molecule has 0 radical (unpaired) electrons. The van der Waals surface area contributed by atoms with Crippen molar-refractivity contribution in [3.63, 3.8) is 0 Å². The lowest BCUT2D eigenvalue weighted by Crippen LogP contribution is -2.48. The number of nitrogens with zero attached hydrogens (tertiary/aromatic N) is 1. The highest BCUT2D eigenvalue weighted by Gasteiger charge is 2.33. The van der Waals surface area contributed by atoms with Crippen LogP contribution in [-0.2, 0) is 4.79 Å². The summed E-state index contributed by atoms with van der Waals surface area (Å²) in [4.78, 5) is 24.8. The molecule has 1 aliphatic rings. The first-order chi connectivity index (χ1) is 8.45. The molecule has 18 heavy (non-hydrogen) atoms. The minimum Gasteiger partial charge on any atom is -0.480 e. The van der Waals surface area contributed by atoms with Gasteiger partial charge in [0.15, 0.2) is 0 Å². The zero-order valence-corrected chi connectivity index (χ0v) is 11.5. The van der Waals surface area contributed by atoms with Crippen LogP contribution >= 0.6 is 0 Å². The standard InChI is InChI=1S/C13H24N2O3/c1-4-11(12(16)17)14-13(18)15(10-5-6-10)8-7-9(2)3/h9-11H,4-8H2,1-3H3,(H,14,18)(H,16,17)/t11-/m0/s1. The summed E-state index contributed by atoms with van der Waals surface area (Å²) in [5.41, 5.74) is 0. The van der Waals surface area contributed by atoms with Crippen LogP contribution in [0.25, 0.3) is 0 Å². The average molecular weight is 256 g/mol. The number of carboxylic acids is 1. The molecule has 0 unspecified atom stereocenters. The van der Waals surface area contributed by atoms with E-state index in [1.165, 1.54) is 0 Å². The van der Waals surface area contributed by atoms with Crippen molar-refractivity contribution in [2.45, 2.75) is 58.5 Å². The molecule has 0 bridgehead atoms. The van der Waals surface area contributed by atoms with E-state index in [1.54, 1.807) is 11.8 Å². The molecule has 1 saturated carbocycles. The quantitative estimate of drug-likeness (QED) is 0.732. The summed E-state index contributed by atoms with van der Waals surface area (Å²) in [7, 11) is 0. The number of nitrogens with one attached hydrogen (secondary N) is 1. The minimum atomic E-state index is -0.967. The third kappa shape index (κ3) is 4.55. The Hall–Kier alpha value is -1.26. The number of hydrogen-bond donors (Lipinski definition) is 2. The fourth-order valence-corrected chi connectivity index (χ4v) is 1.80. The van der Waals surface area contributed by atoms with Gasteiger partial charge in [0.2, 0.25) is 0 Å². The number of carbonyl (C=O) groups excluding carboxylic acids is 1. The predicted octanol–water partition coefficient (Wildman–Crippen LogP) is 2.07. The third-order valence-electron chi connectivity index (χ3n) is 3.20. The Kier molecular flexibility index (Phi) is 5.44. The van der Waals surface area contributed by atoms with E-state index in [-0.39, 0.29) is 6.03 Å². The van der Waals surface area contributed by atoms with E-state index in [4.69, 9.17) is 5.11 Å². The fraction of sp³-hybridized carbons (Fsp3) is 0.846. The first kappa shape index (κ1) is 14.8. The Morgan fingerprint density at radius 2 is 2.00 bits per heavy atom. The molecule has 0 aromatic heterocycles. The number of hydrogen-bond acceptors (Lipinski definition) is 2. The smallest absolute Gasteiger partial charge is 0.326 e. The van der Waals surface area contributed by atoms with Gasteiger partial charge in [0.25, 0.3) is 0 Å². The van der Waals surface area contributed by atoms with E-state index < -0.39 is 12.0 Å². The molecule has 0 aromatic carbocycles. The summed E-state index contributed by atoms with van der Waals surface area (Å²) >= 11 is 0. The van der Waals surface area contributed by atoms with Crippen molar-refractivity contribution in [3.8, 4) is 0 Å². The number of amides is 2. The second kappa shape index (κ2) is 6.61. The van der Waals surface area contributed by atoms with E-state index in [0.29, 0.717) is 24.9 Å². The number of aliphatic carboxylic acids is 1. The maximum Gasteiger partial charge on any atom is 0.326 e. The zero-order chi connectivity index (χ0) is 13.7. The van der Waals surface area contributed by atoms with E-state index in [0.717, 1.165) is 19.3 Å². The second-order valence-corrected chi connectivity index (χ2v) is 5.36. The average Bonchev–Trinajstić information content (AvgIpc) is 3.09. The van der Waals surface area contributed by atoms with Crippen molar-refractivity contribution >= 4 is 12.0 Å². The van der Waals surface area contributed by atoms with Crippen molar-refractivity contribution in [2.24, 2.45) is 5.92 Å². The van der Waals surface area contributed by atoms with Crippen molar-refractivity contribution in [3.05, 3.63) is 0 Å². The van der Waals surface area contributed by atoms with Crippen LogP contribution in [0.3, 0.4) is 0 Å². The van der Waals surface area contributed by atoms with Gasteiger partial charge < -0.3 is 15.3 Å². The molecule has 1 fully saturated rings. The molecular weight excluding hydrogens is 232 g/mol. The SMILES string of the molecule is CC[C@H](NC(=O)N(CCC(C)C)C1CC1)C(=O)O. The molecule has 0 heterocycles. The van der Waals surface area contributed by atoms with Crippen molar-refractivity contribution in [1.82, 2.24) is 10.2 Å². The molecule has 0 aromatic rings. The van der Waals surface area contributed by atoms with Crippen LogP contribution in [0.15, 0.2) is 0 Å². The van der Waals surface area contributed by atoms with Gasteiger partial charge in [-0.05, 0) is 31.6 Å². The molecule has 2 N–H and O–H groups in total. The lowest BCUT2D eigenvalue weighted by atomic mass is 10.1. The Morgan fingerprint density at radius 3 is 2.39 bits per heavy atom. The van der Waals surface area contributed by atoms with E-state index in [9.17, 15) is 9.59 Å². The first-order valence-corrected chi connectivity index (χ1v) is 6.75. The largest absolute Gasteiger partial charge is 0.480 e. The monoisotopic (exact) mass is 256 g/mol. The van der Waals surface area contributed by atoms with Gasteiger partial charge in [-0.15, -0.1) is 0 Å². The maximum absolute atomic E-state index is 12.1. The molecule has 1 atom stereocenters. The van der Waals surface area contributed by atoms with Crippen LogP contribution in [0.1, 0.15) is 46.5 Å². The molecule has 0 saturated heterocycles. The van der Waals surface area contributed by atoms with Gasteiger partial charge in [-0.1, -0.05) is 20.8 Å². The normalized spacial score (nSPS) is 16.4. The lowest BCUT2D eigenvalue weighted by molar-refractivity contribution is -0.139. The van der Waals surface area contributed by atoms with Crippen LogP contribution in [0, 0.1) is 5.92 Å². The lowest BCUT2D eigenvalue weighted by Gasteiger charge is -2.25. The van der Waals surface area contributed by atoms with Crippen LogP contribution in [0.4, 0.5) is 4.79 Å².